The van der Waals surface area contributed by atoms with Crippen molar-refractivity contribution in [1.82, 2.24) is 20.1 Å². The summed E-state index contributed by atoms with van der Waals surface area (Å²) in [6.45, 7) is 6.68. The van der Waals surface area contributed by atoms with Gasteiger partial charge >= 0.3 is 12.5 Å². The molecule has 10 nitrogen and oxygen atoms in total. The van der Waals surface area contributed by atoms with E-state index in [-0.39, 0.29) is 23.3 Å². The second-order valence-corrected chi connectivity index (χ2v) is 12.1. The van der Waals surface area contributed by atoms with E-state index >= 15 is 0 Å². The minimum absolute atomic E-state index is 0.0138. The zero-order valence-electron chi connectivity index (χ0n) is 24.5. The normalized spacial score (nSPS) is 14.0. The van der Waals surface area contributed by atoms with Gasteiger partial charge in [-0.05, 0) is 56.7 Å². The average molecular weight is 666 g/mol. The summed E-state index contributed by atoms with van der Waals surface area (Å²) < 4.78 is 50.6. The Morgan fingerprint density at radius 1 is 1.04 bits per heavy atom. The SMILES string of the molecule is CC(C)(C)OC(=O)N1CCN(c2ccc(Nc3nc(Cc4c(Cl)cccc4Cl)cc4cn[nH]c(=O)c34)c(OC(F)(F)F)c2)CC1. The molecule has 2 N–H and O–H groups in total. The maximum atomic E-state index is 13.6. The van der Waals surface area contributed by atoms with Crippen molar-refractivity contribution in [2.75, 3.05) is 36.4 Å². The first-order valence-electron chi connectivity index (χ1n) is 13.9. The molecule has 45 heavy (non-hydrogen) atoms. The van der Waals surface area contributed by atoms with Crippen molar-refractivity contribution in [2.45, 2.75) is 39.2 Å². The van der Waals surface area contributed by atoms with Crippen molar-refractivity contribution in [2.24, 2.45) is 0 Å². The summed E-state index contributed by atoms with van der Waals surface area (Å²) in [4.78, 5) is 33.2. The number of H-pyrrole nitrogens is 1. The maximum absolute atomic E-state index is 13.6. The predicted octanol–water partition coefficient (Wildman–Crippen LogP) is 6.92. The Hall–Kier alpha value is -4.23. The lowest BCUT2D eigenvalue weighted by molar-refractivity contribution is -0.274. The summed E-state index contributed by atoms with van der Waals surface area (Å²) in [5.74, 6) is -0.547. The Bertz CT molecular complexity index is 1770. The van der Waals surface area contributed by atoms with Gasteiger partial charge in [0, 0.05) is 65.5 Å². The summed E-state index contributed by atoms with van der Waals surface area (Å²) in [5, 5.41) is 10.4. The van der Waals surface area contributed by atoms with Gasteiger partial charge in [0.25, 0.3) is 5.56 Å². The first-order chi connectivity index (χ1) is 21.2. The highest BCUT2D eigenvalue weighted by Crippen LogP contribution is 2.37. The molecule has 1 fully saturated rings. The molecular weight excluding hydrogens is 636 g/mol. The van der Waals surface area contributed by atoms with Gasteiger partial charge < -0.3 is 24.6 Å². The van der Waals surface area contributed by atoms with Crippen LogP contribution in [-0.4, -0.2) is 64.3 Å². The van der Waals surface area contributed by atoms with Gasteiger partial charge in [-0.25, -0.2) is 14.9 Å². The highest BCUT2D eigenvalue weighted by Gasteiger charge is 2.33. The van der Waals surface area contributed by atoms with Gasteiger partial charge in [0.2, 0.25) is 0 Å². The standard InChI is InChI=1S/C30H29Cl2F3N6O4/c1-29(2,3)45-28(43)41-11-9-40(10-12-41)19-7-8-23(24(15-19)44-30(33,34)35)38-26-25-17(16-36-39-27(25)42)13-18(37-26)14-20-21(31)5-4-6-22(20)32/h4-8,13,15-16H,9-12,14H2,1-3H3,(H,37,38)(H,39,42). The monoisotopic (exact) mass is 664 g/mol. The minimum Gasteiger partial charge on any atom is -0.444 e. The Kier molecular flexibility index (Phi) is 9.04. The fourth-order valence-corrected chi connectivity index (χ4v) is 5.39. The van der Waals surface area contributed by atoms with Crippen molar-refractivity contribution < 1.29 is 27.4 Å². The number of alkyl halides is 3. The van der Waals surface area contributed by atoms with E-state index in [0.29, 0.717) is 58.6 Å². The number of aromatic amines is 1. The van der Waals surface area contributed by atoms with Gasteiger partial charge in [0.15, 0.2) is 5.75 Å². The van der Waals surface area contributed by atoms with E-state index in [1.54, 1.807) is 56.0 Å². The number of anilines is 3. The molecule has 3 heterocycles. The summed E-state index contributed by atoms with van der Waals surface area (Å²) in [7, 11) is 0. The van der Waals surface area contributed by atoms with E-state index in [4.69, 9.17) is 27.9 Å². The first kappa shape index (κ1) is 32.2. The number of hydrogen-bond acceptors (Lipinski definition) is 8. The van der Waals surface area contributed by atoms with Crippen LogP contribution in [0.25, 0.3) is 10.8 Å². The maximum Gasteiger partial charge on any atom is 0.573 e. The number of rotatable bonds is 6. The van der Waals surface area contributed by atoms with E-state index in [1.165, 1.54) is 18.3 Å². The van der Waals surface area contributed by atoms with Crippen LogP contribution in [0.15, 0.2) is 53.5 Å². The van der Waals surface area contributed by atoms with Crippen LogP contribution in [0.3, 0.4) is 0 Å². The van der Waals surface area contributed by atoms with Crippen LogP contribution in [0.5, 0.6) is 5.75 Å². The molecule has 0 atom stereocenters. The number of nitrogens with zero attached hydrogens (tertiary/aromatic N) is 4. The highest BCUT2D eigenvalue weighted by atomic mass is 35.5. The number of ether oxygens (including phenoxy) is 2. The lowest BCUT2D eigenvalue weighted by atomic mass is 10.1. The van der Waals surface area contributed by atoms with E-state index < -0.39 is 29.4 Å². The number of pyridine rings is 1. The summed E-state index contributed by atoms with van der Waals surface area (Å²) in [6, 6.07) is 11.0. The number of nitrogens with one attached hydrogen (secondary N) is 2. The van der Waals surface area contributed by atoms with Crippen LogP contribution in [0, 0.1) is 0 Å². The van der Waals surface area contributed by atoms with Crippen LogP contribution in [0.2, 0.25) is 10.0 Å². The van der Waals surface area contributed by atoms with Crippen LogP contribution in [0.1, 0.15) is 32.0 Å². The third kappa shape index (κ3) is 7.90. The molecule has 1 saturated heterocycles. The lowest BCUT2D eigenvalue weighted by Crippen LogP contribution is -2.50. The number of aromatic nitrogens is 3. The molecule has 1 amide bonds. The molecule has 15 heteroatoms. The van der Waals surface area contributed by atoms with Gasteiger partial charge in [-0.3, -0.25) is 4.79 Å². The zero-order chi connectivity index (χ0) is 32.5. The molecule has 5 rings (SSSR count). The summed E-state index contributed by atoms with van der Waals surface area (Å²) >= 11 is 12.7. The number of carbonyl (C=O) groups excluding carboxylic acids is 1. The smallest absolute Gasteiger partial charge is 0.444 e. The Morgan fingerprint density at radius 2 is 1.73 bits per heavy atom. The van der Waals surface area contributed by atoms with Crippen molar-refractivity contribution in [1.29, 1.82) is 0 Å². The van der Waals surface area contributed by atoms with Gasteiger partial charge in [-0.15, -0.1) is 13.2 Å². The van der Waals surface area contributed by atoms with Crippen LogP contribution < -0.4 is 20.5 Å². The van der Waals surface area contributed by atoms with Gasteiger partial charge in [0.05, 0.1) is 17.3 Å². The predicted molar refractivity (Wildman–Crippen MR) is 166 cm³/mol. The number of halogens is 5. The third-order valence-electron chi connectivity index (χ3n) is 6.86. The molecule has 0 aliphatic carbocycles. The van der Waals surface area contributed by atoms with Crippen LogP contribution in [-0.2, 0) is 11.2 Å². The van der Waals surface area contributed by atoms with Crippen LogP contribution >= 0.6 is 23.2 Å². The molecule has 0 spiro atoms. The molecule has 0 unspecified atom stereocenters. The summed E-state index contributed by atoms with van der Waals surface area (Å²) in [6.07, 6.45) is -3.87. The first-order valence-corrected chi connectivity index (χ1v) is 14.6. The molecule has 0 bridgehead atoms. The van der Waals surface area contributed by atoms with E-state index in [1.807, 2.05) is 4.90 Å². The summed E-state index contributed by atoms with van der Waals surface area (Å²) in [5.41, 5.74) is 0.150. The molecular formula is C30H29Cl2F3N6O4. The van der Waals surface area contributed by atoms with E-state index in [0.717, 1.165) is 0 Å². The average Bonchev–Trinajstić information content (AvgIpc) is 2.94. The molecule has 1 aliphatic rings. The van der Waals surface area contributed by atoms with Crippen molar-refractivity contribution in [3.05, 3.63) is 80.3 Å². The quantitative estimate of drug-likeness (QED) is 0.229. The van der Waals surface area contributed by atoms with Gasteiger partial charge in [-0.2, -0.15) is 5.10 Å². The lowest BCUT2D eigenvalue weighted by Gasteiger charge is -2.37. The number of benzene rings is 2. The number of fused-ring (bicyclic) bond motifs is 1. The largest absolute Gasteiger partial charge is 0.573 e. The molecule has 1 aliphatic heterocycles. The van der Waals surface area contributed by atoms with E-state index in [2.05, 4.69) is 25.2 Å². The minimum atomic E-state index is -5.01. The topological polar surface area (TPSA) is 113 Å². The Balaban J connectivity index is 1.46. The van der Waals surface area contributed by atoms with Crippen molar-refractivity contribution >= 4 is 57.3 Å². The second-order valence-electron chi connectivity index (χ2n) is 11.3. The molecule has 2 aromatic heterocycles. The number of piperazine rings is 1. The Morgan fingerprint density at radius 3 is 2.38 bits per heavy atom. The van der Waals surface area contributed by atoms with Crippen molar-refractivity contribution in [3.8, 4) is 5.75 Å². The van der Waals surface area contributed by atoms with Crippen LogP contribution in [0.4, 0.5) is 35.2 Å². The number of amides is 1. The van der Waals surface area contributed by atoms with Crippen molar-refractivity contribution in [3.63, 3.8) is 0 Å². The van der Waals surface area contributed by atoms with Gasteiger partial charge in [0.1, 0.15) is 11.4 Å². The number of hydrogen-bond donors (Lipinski definition) is 2. The molecule has 4 aromatic rings. The molecule has 0 saturated carbocycles. The third-order valence-corrected chi connectivity index (χ3v) is 7.57. The Labute approximate surface area is 266 Å². The highest BCUT2D eigenvalue weighted by molar-refractivity contribution is 6.36. The molecule has 0 radical (unpaired) electrons. The number of carbonyl (C=O) groups is 1. The van der Waals surface area contributed by atoms with Gasteiger partial charge in [-0.1, -0.05) is 29.3 Å². The molecule has 238 valence electrons. The second kappa shape index (κ2) is 12.6. The fourth-order valence-electron chi connectivity index (χ4n) is 4.86. The zero-order valence-corrected chi connectivity index (χ0v) is 26.0. The molecule has 2 aromatic carbocycles. The van der Waals surface area contributed by atoms with E-state index in [9.17, 15) is 22.8 Å². The fraction of sp³-hybridized carbons (Fsp3) is 0.333.